The predicted molar refractivity (Wildman–Crippen MR) is 105 cm³/mol. The number of methoxy groups -OCH3 is 1. The van der Waals surface area contributed by atoms with Gasteiger partial charge < -0.3 is 14.6 Å². The van der Waals surface area contributed by atoms with Gasteiger partial charge in [-0.1, -0.05) is 12.8 Å². The number of fused-ring (bicyclic) bond motifs is 1. The summed E-state index contributed by atoms with van der Waals surface area (Å²) in [5.41, 5.74) is 1.77. The molecule has 0 unspecified atom stereocenters. The van der Waals surface area contributed by atoms with Crippen molar-refractivity contribution in [1.29, 1.82) is 0 Å². The van der Waals surface area contributed by atoms with E-state index in [1.165, 1.54) is 13.3 Å². The summed E-state index contributed by atoms with van der Waals surface area (Å²) in [5, 5.41) is 0. The second-order valence-electron chi connectivity index (χ2n) is 6.80. The first-order valence-corrected chi connectivity index (χ1v) is 9.30. The first-order valence-electron chi connectivity index (χ1n) is 9.30. The maximum absolute atomic E-state index is 12.7. The molecule has 0 aliphatic carbocycles. The smallest absolute Gasteiger partial charge is 0.305 e. The number of amides is 1. The molecule has 27 heavy (non-hydrogen) atoms. The minimum atomic E-state index is -0.269. The standard InChI is InChI=1S/C20H27N3O4/c1-14(2)23(19(25)8-6-4-5-7-9-20(26)27-3)15-10-11-16-17(12-15)22-18(24)13-21-16/h10-14H,4-9H2,1-3H3,(H,22,24). The summed E-state index contributed by atoms with van der Waals surface area (Å²) in [4.78, 5) is 43.9. The number of nitrogens with one attached hydrogen (secondary N) is 1. The molecule has 7 nitrogen and oxygen atoms in total. The van der Waals surface area contributed by atoms with Crippen LogP contribution in [0.2, 0.25) is 0 Å². The van der Waals surface area contributed by atoms with Crippen molar-refractivity contribution in [3.63, 3.8) is 0 Å². The van der Waals surface area contributed by atoms with Crippen molar-refractivity contribution < 1.29 is 14.3 Å². The highest BCUT2D eigenvalue weighted by molar-refractivity contribution is 5.95. The van der Waals surface area contributed by atoms with E-state index in [1.807, 2.05) is 19.9 Å². The molecule has 0 saturated carbocycles. The van der Waals surface area contributed by atoms with Gasteiger partial charge in [-0.25, -0.2) is 4.98 Å². The Hall–Kier alpha value is -2.70. The number of nitrogens with zero attached hydrogens (tertiary/aromatic N) is 2. The average molecular weight is 373 g/mol. The molecule has 2 rings (SSSR count). The van der Waals surface area contributed by atoms with Crippen LogP contribution >= 0.6 is 0 Å². The van der Waals surface area contributed by atoms with Gasteiger partial charge in [-0.05, 0) is 44.9 Å². The van der Waals surface area contributed by atoms with Gasteiger partial charge in [0.15, 0.2) is 0 Å². The van der Waals surface area contributed by atoms with Crippen molar-refractivity contribution in [2.45, 2.75) is 58.4 Å². The van der Waals surface area contributed by atoms with Crippen LogP contribution in [0.5, 0.6) is 0 Å². The number of carbonyl (C=O) groups is 2. The molecule has 0 atom stereocenters. The van der Waals surface area contributed by atoms with Crippen molar-refractivity contribution in [1.82, 2.24) is 9.97 Å². The lowest BCUT2D eigenvalue weighted by Gasteiger charge is -2.27. The molecule has 0 spiro atoms. The average Bonchev–Trinajstić information content (AvgIpc) is 2.63. The summed E-state index contributed by atoms with van der Waals surface area (Å²) in [5.74, 6) is -0.149. The van der Waals surface area contributed by atoms with E-state index in [1.54, 1.807) is 17.0 Å². The Morgan fingerprint density at radius 2 is 1.85 bits per heavy atom. The highest BCUT2D eigenvalue weighted by Crippen LogP contribution is 2.22. The molecule has 2 aromatic rings. The van der Waals surface area contributed by atoms with Crippen molar-refractivity contribution in [2.24, 2.45) is 0 Å². The Morgan fingerprint density at radius 1 is 1.15 bits per heavy atom. The number of unbranched alkanes of at least 4 members (excludes halogenated alkanes) is 3. The van der Waals surface area contributed by atoms with Crippen molar-refractivity contribution >= 4 is 28.6 Å². The Kier molecular flexibility index (Phi) is 7.52. The lowest BCUT2D eigenvalue weighted by Crippen LogP contribution is -2.36. The van der Waals surface area contributed by atoms with Crippen LogP contribution in [0.3, 0.4) is 0 Å². The lowest BCUT2D eigenvalue weighted by atomic mass is 10.1. The van der Waals surface area contributed by atoms with Gasteiger partial charge >= 0.3 is 5.97 Å². The summed E-state index contributed by atoms with van der Waals surface area (Å²) in [6.45, 7) is 3.93. The molecule has 0 saturated heterocycles. The van der Waals surface area contributed by atoms with E-state index in [4.69, 9.17) is 0 Å². The zero-order chi connectivity index (χ0) is 19.8. The Balaban J connectivity index is 1.97. The van der Waals surface area contributed by atoms with Crippen molar-refractivity contribution in [2.75, 3.05) is 12.0 Å². The molecule has 1 N–H and O–H groups in total. The third kappa shape index (κ3) is 5.91. The van der Waals surface area contributed by atoms with Gasteiger partial charge in [0.2, 0.25) is 5.91 Å². The van der Waals surface area contributed by atoms with E-state index in [-0.39, 0.29) is 23.5 Å². The van der Waals surface area contributed by atoms with Crippen LogP contribution in [0.15, 0.2) is 29.2 Å². The molecule has 0 aliphatic rings. The second-order valence-corrected chi connectivity index (χ2v) is 6.80. The topological polar surface area (TPSA) is 92.4 Å². The first kappa shape index (κ1) is 20.6. The minimum Gasteiger partial charge on any atom is -0.469 e. The number of carbonyl (C=O) groups excluding carboxylic acids is 2. The molecule has 0 aliphatic heterocycles. The summed E-state index contributed by atoms with van der Waals surface area (Å²) in [7, 11) is 1.39. The largest absolute Gasteiger partial charge is 0.469 e. The Morgan fingerprint density at radius 3 is 2.52 bits per heavy atom. The van der Waals surface area contributed by atoms with E-state index < -0.39 is 0 Å². The third-order valence-electron chi connectivity index (χ3n) is 4.37. The summed E-state index contributed by atoms with van der Waals surface area (Å²) >= 11 is 0. The van der Waals surface area contributed by atoms with Gasteiger partial charge in [-0.3, -0.25) is 14.4 Å². The predicted octanol–water partition coefficient (Wildman–Crippen LogP) is 3.18. The molecule has 0 fully saturated rings. The van der Waals surface area contributed by atoms with Gasteiger partial charge in [0.25, 0.3) is 5.56 Å². The molecule has 1 aromatic heterocycles. The number of aromatic nitrogens is 2. The SMILES string of the molecule is COC(=O)CCCCCCC(=O)N(c1ccc2ncc(=O)[nH]c2c1)C(C)C. The quantitative estimate of drug-likeness (QED) is 0.538. The van der Waals surface area contributed by atoms with Crippen LogP contribution in [0.1, 0.15) is 52.4 Å². The molecule has 7 heteroatoms. The van der Waals surface area contributed by atoms with Gasteiger partial charge in [0.1, 0.15) is 0 Å². The van der Waals surface area contributed by atoms with Crippen LogP contribution in [-0.4, -0.2) is 35.0 Å². The molecular formula is C20H27N3O4. The van der Waals surface area contributed by atoms with E-state index in [2.05, 4.69) is 14.7 Å². The normalized spacial score (nSPS) is 11.0. The summed E-state index contributed by atoms with van der Waals surface area (Å²) in [6.07, 6.45) is 5.45. The fourth-order valence-corrected chi connectivity index (χ4v) is 3.03. The zero-order valence-corrected chi connectivity index (χ0v) is 16.2. The van der Waals surface area contributed by atoms with Gasteiger partial charge in [-0.15, -0.1) is 0 Å². The van der Waals surface area contributed by atoms with Crippen LogP contribution in [0, 0.1) is 0 Å². The maximum atomic E-state index is 12.7. The third-order valence-corrected chi connectivity index (χ3v) is 4.37. The number of benzene rings is 1. The minimum absolute atomic E-state index is 0.00216. The van der Waals surface area contributed by atoms with Crippen LogP contribution < -0.4 is 10.5 Å². The lowest BCUT2D eigenvalue weighted by molar-refractivity contribution is -0.140. The molecular weight excluding hydrogens is 346 g/mol. The van der Waals surface area contributed by atoms with E-state index in [0.717, 1.165) is 31.4 Å². The number of aromatic amines is 1. The van der Waals surface area contributed by atoms with Crippen molar-refractivity contribution in [3.05, 3.63) is 34.7 Å². The number of H-pyrrole nitrogens is 1. The van der Waals surface area contributed by atoms with Crippen molar-refractivity contribution in [3.8, 4) is 0 Å². The van der Waals surface area contributed by atoms with Gasteiger partial charge in [0, 0.05) is 24.6 Å². The number of ether oxygens (including phenoxy) is 1. The summed E-state index contributed by atoms with van der Waals surface area (Å²) < 4.78 is 4.61. The van der Waals surface area contributed by atoms with Gasteiger partial charge in [0.05, 0.1) is 24.3 Å². The maximum Gasteiger partial charge on any atom is 0.305 e. The molecule has 1 amide bonds. The molecule has 146 valence electrons. The van der Waals surface area contributed by atoms with Crippen LogP contribution in [0.4, 0.5) is 5.69 Å². The van der Waals surface area contributed by atoms with E-state index in [9.17, 15) is 14.4 Å². The fourth-order valence-electron chi connectivity index (χ4n) is 3.03. The Labute approximate surface area is 158 Å². The van der Waals surface area contributed by atoms with Gasteiger partial charge in [-0.2, -0.15) is 0 Å². The number of rotatable bonds is 9. The summed E-state index contributed by atoms with van der Waals surface area (Å²) in [6, 6.07) is 5.44. The molecule has 1 aromatic carbocycles. The van der Waals surface area contributed by atoms with E-state index >= 15 is 0 Å². The number of hydrogen-bond acceptors (Lipinski definition) is 5. The molecule has 1 heterocycles. The highest BCUT2D eigenvalue weighted by atomic mass is 16.5. The monoisotopic (exact) mass is 373 g/mol. The number of hydrogen-bond donors (Lipinski definition) is 1. The van der Waals surface area contributed by atoms with Crippen LogP contribution in [-0.2, 0) is 14.3 Å². The molecule has 0 radical (unpaired) electrons. The van der Waals surface area contributed by atoms with Crippen LogP contribution in [0.25, 0.3) is 11.0 Å². The highest BCUT2D eigenvalue weighted by Gasteiger charge is 2.19. The number of anilines is 1. The van der Waals surface area contributed by atoms with E-state index in [0.29, 0.717) is 23.9 Å². The number of esters is 1. The first-order chi connectivity index (χ1) is 12.9. The second kappa shape index (κ2) is 9.85. The zero-order valence-electron chi connectivity index (χ0n) is 16.2. The Bertz CT molecular complexity index is 844. The fraction of sp³-hybridized carbons (Fsp3) is 0.500. The molecule has 0 bridgehead atoms.